The molecule has 0 N–H and O–H groups in total. The third kappa shape index (κ3) is 2.95. The fourth-order valence-electron chi connectivity index (χ4n) is 2.46. The summed E-state index contributed by atoms with van der Waals surface area (Å²) in [6.07, 6.45) is 0. The second kappa shape index (κ2) is 5.90. The molecule has 0 aliphatic carbocycles. The van der Waals surface area contributed by atoms with Gasteiger partial charge in [0.05, 0.1) is 24.7 Å². The van der Waals surface area contributed by atoms with E-state index in [4.69, 9.17) is 9.47 Å². The first-order valence-corrected chi connectivity index (χ1v) is 7.59. The van der Waals surface area contributed by atoms with Crippen LogP contribution >= 0.6 is 15.9 Å². The second-order valence-corrected chi connectivity index (χ2v) is 5.97. The van der Waals surface area contributed by atoms with Crippen LogP contribution in [0.4, 0.5) is 0 Å². The number of carbonyl (C=O) groups excluding carboxylic acids is 1. The first-order chi connectivity index (χ1) is 10.1. The summed E-state index contributed by atoms with van der Waals surface area (Å²) in [5.74, 6) is 1.73. The molecule has 0 saturated carbocycles. The maximum atomic E-state index is 11.7. The number of benzene rings is 2. The van der Waals surface area contributed by atoms with Crippen molar-refractivity contribution in [1.29, 1.82) is 0 Å². The number of rotatable bonds is 4. The van der Waals surface area contributed by atoms with Gasteiger partial charge >= 0.3 is 0 Å². The number of Topliss-reactive ketones (excluding diaryl/α,β-unsaturated/α-hetero) is 1. The molecule has 0 spiro atoms. The van der Waals surface area contributed by atoms with Crippen molar-refractivity contribution in [3.05, 3.63) is 58.1 Å². The van der Waals surface area contributed by atoms with Gasteiger partial charge in [0.15, 0.2) is 5.78 Å². The van der Waals surface area contributed by atoms with Crippen LogP contribution in [0.2, 0.25) is 0 Å². The minimum Gasteiger partial charge on any atom is -0.493 e. The van der Waals surface area contributed by atoms with E-state index in [9.17, 15) is 4.79 Å². The summed E-state index contributed by atoms with van der Waals surface area (Å²) in [5.41, 5.74) is 1.77. The Balaban J connectivity index is 1.77. The molecular weight excluding hydrogens is 332 g/mol. The molecule has 3 rings (SSSR count). The number of carbonyl (C=O) groups is 1. The Morgan fingerprint density at radius 1 is 1.33 bits per heavy atom. The Bertz CT molecular complexity index is 681. The smallest absolute Gasteiger partial charge is 0.163 e. The molecule has 0 saturated heterocycles. The van der Waals surface area contributed by atoms with Gasteiger partial charge in [-0.15, -0.1) is 0 Å². The van der Waals surface area contributed by atoms with Crippen molar-refractivity contribution in [2.75, 3.05) is 13.2 Å². The molecule has 1 unspecified atom stereocenters. The van der Waals surface area contributed by atoms with Gasteiger partial charge in [0, 0.05) is 10.0 Å². The average Bonchev–Trinajstić information content (AvgIpc) is 2.88. The number of para-hydroxylation sites is 1. The van der Waals surface area contributed by atoms with Gasteiger partial charge in [-0.25, -0.2) is 0 Å². The molecule has 108 valence electrons. The van der Waals surface area contributed by atoms with Gasteiger partial charge in [-0.05, 0) is 31.2 Å². The summed E-state index contributed by atoms with van der Waals surface area (Å²) >= 11 is 3.41. The third-order valence-electron chi connectivity index (χ3n) is 3.56. The summed E-state index contributed by atoms with van der Waals surface area (Å²) < 4.78 is 12.4. The molecule has 1 heterocycles. The molecule has 0 aromatic heterocycles. The van der Waals surface area contributed by atoms with E-state index < -0.39 is 0 Å². The van der Waals surface area contributed by atoms with Gasteiger partial charge < -0.3 is 9.47 Å². The zero-order valence-corrected chi connectivity index (χ0v) is 13.2. The maximum Gasteiger partial charge on any atom is 0.163 e. The topological polar surface area (TPSA) is 35.5 Å². The Kier molecular flexibility index (Phi) is 3.97. The Morgan fingerprint density at radius 2 is 2.14 bits per heavy atom. The van der Waals surface area contributed by atoms with Gasteiger partial charge in [-0.3, -0.25) is 4.79 Å². The highest BCUT2D eigenvalue weighted by atomic mass is 79.9. The van der Waals surface area contributed by atoms with Crippen molar-refractivity contribution in [2.24, 2.45) is 0 Å². The van der Waals surface area contributed by atoms with Crippen molar-refractivity contribution in [3.63, 3.8) is 0 Å². The molecule has 21 heavy (non-hydrogen) atoms. The number of hydrogen-bond donors (Lipinski definition) is 0. The van der Waals surface area contributed by atoms with Gasteiger partial charge in [0.2, 0.25) is 0 Å². The lowest BCUT2D eigenvalue weighted by molar-refractivity contribution is 0.101. The summed E-state index contributed by atoms with van der Waals surface area (Å²) in [4.78, 5) is 11.7. The van der Waals surface area contributed by atoms with Crippen LogP contribution in [-0.2, 0) is 0 Å². The number of ether oxygens (including phenoxy) is 2. The van der Waals surface area contributed by atoms with Crippen molar-refractivity contribution in [1.82, 2.24) is 0 Å². The quantitative estimate of drug-likeness (QED) is 0.778. The number of halogens is 1. The predicted octanol–water partition coefficient (Wildman–Crippen LogP) is 4.21. The molecule has 0 amide bonds. The molecule has 2 aromatic rings. The van der Waals surface area contributed by atoms with Crippen molar-refractivity contribution in [2.45, 2.75) is 12.8 Å². The molecule has 1 aliphatic heterocycles. The zero-order chi connectivity index (χ0) is 14.8. The standard InChI is InChI=1S/C17H15BrO3/c1-11(19)14-7-6-13(18)8-17(14)21-10-12-9-20-16-5-3-2-4-15(12)16/h2-8,12H,9-10H2,1H3. The van der Waals surface area contributed by atoms with Gasteiger partial charge in [0.25, 0.3) is 0 Å². The number of hydrogen-bond acceptors (Lipinski definition) is 3. The van der Waals surface area contributed by atoms with E-state index in [1.807, 2.05) is 30.3 Å². The van der Waals surface area contributed by atoms with Crippen LogP contribution in [0.1, 0.15) is 28.8 Å². The van der Waals surface area contributed by atoms with Crippen molar-refractivity contribution in [3.8, 4) is 11.5 Å². The molecule has 1 aliphatic rings. The van der Waals surface area contributed by atoms with Gasteiger partial charge in [0.1, 0.15) is 11.5 Å². The highest BCUT2D eigenvalue weighted by Crippen LogP contribution is 2.34. The van der Waals surface area contributed by atoms with Crippen LogP contribution in [-0.4, -0.2) is 19.0 Å². The number of ketones is 1. The molecule has 1 atom stereocenters. The van der Waals surface area contributed by atoms with Crippen LogP contribution < -0.4 is 9.47 Å². The first-order valence-electron chi connectivity index (χ1n) is 6.80. The largest absolute Gasteiger partial charge is 0.493 e. The summed E-state index contributed by atoms with van der Waals surface area (Å²) in [7, 11) is 0. The SMILES string of the molecule is CC(=O)c1ccc(Br)cc1OCC1COc2ccccc21. The molecule has 3 nitrogen and oxygen atoms in total. The van der Waals surface area contributed by atoms with Crippen LogP contribution in [0.3, 0.4) is 0 Å². The third-order valence-corrected chi connectivity index (χ3v) is 4.06. The molecule has 0 fully saturated rings. The lowest BCUT2D eigenvalue weighted by Gasteiger charge is -2.14. The van der Waals surface area contributed by atoms with Crippen LogP contribution in [0.15, 0.2) is 46.9 Å². The van der Waals surface area contributed by atoms with E-state index in [2.05, 4.69) is 22.0 Å². The average molecular weight is 347 g/mol. The molecule has 0 radical (unpaired) electrons. The van der Waals surface area contributed by atoms with E-state index >= 15 is 0 Å². The molecular formula is C17H15BrO3. The van der Waals surface area contributed by atoms with E-state index in [0.29, 0.717) is 24.5 Å². The van der Waals surface area contributed by atoms with E-state index in [0.717, 1.165) is 15.8 Å². The molecule has 2 aromatic carbocycles. The second-order valence-electron chi connectivity index (χ2n) is 5.05. The van der Waals surface area contributed by atoms with E-state index in [1.165, 1.54) is 0 Å². The Labute approximate surface area is 132 Å². The van der Waals surface area contributed by atoms with Crippen molar-refractivity contribution >= 4 is 21.7 Å². The van der Waals surface area contributed by atoms with Crippen LogP contribution in [0, 0.1) is 0 Å². The van der Waals surface area contributed by atoms with Gasteiger partial charge in [-0.2, -0.15) is 0 Å². The minimum absolute atomic E-state index is 0.000530. The highest BCUT2D eigenvalue weighted by molar-refractivity contribution is 9.10. The zero-order valence-electron chi connectivity index (χ0n) is 11.6. The lowest BCUT2D eigenvalue weighted by Crippen LogP contribution is -2.13. The van der Waals surface area contributed by atoms with Crippen molar-refractivity contribution < 1.29 is 14.3 Å². The fraction of sp³-hybridized carbons (Fsp3) is 0.235. The predicted molar refractivity (Wildman–Crippen MR) is 84.3 cm³/mol. The van der Waals surface area contributed by atoms with Crippen LogP contribution in [0.5, 0.6) is 11.5 Å². The normalized spacial score (nSPS) is 16.2. The summed E-state index contributed by atoms with van der Waals surface area (Å²) in [5, 5.41) is 0. The maximum absolute atomic E-state index is 11.7. The highest BCUT2D eigenvalue weighted by Gasteiger charge is 2.24. The fourth-order valence-corrected chi connectivity index (χ4v) is 2.80. The van der Waals surface area contributed by atoms with E-state index in [1.54, 1.807) is 13.0 Å². The van der Waals surface area contributed by atoms with E-state index in [-0.39, 0.29) is 11.7 Å². The first kappa shape index (κ1) is 14.1. The molecule has 4 heteroatoms. The minimum atomic E-state index is 0.000530. The number of fused-ring (bicyclic) bond motifs is 1. The Morgan fingerprint density at radius 3 is 2.95 bits per heavy atom. The Hall–Kier alpha value is -1.81. The monoisotopic (exact) mass is 346 g/mol. The summed E-state index contributed by atoms with van der Waals surface area (Å²) in [6, 6.07) is 13.4. The van der Waals surface area contributed by atoms with Gasteiger partial charge in [-0.1, -0.05) is 34.1 Å². The summed E-state index contributed by atoms with van der Waals surface area (Å²) in [6.45, 7) is 2.65. The van der Waals surface area contributed by atoms with Crippen LogP contribution in [0.25, 0.3) is 0 Å². The molecule has 0 bridgehead atoms. The lowest BCUT2D eigenvalue weighted by atomic mass is 10.0.